The van der Waals surface area contributed by atoms with Gasteiger partial charge in [0.1, 0.15) is 11.9 Å². The van der Waals surface area contributed by atoms with E-state index in [0.717, 1.165) is 19.3 Å². The van der Waals surface area contributed by atoms with Crippen LogP contribution in [-0.4, -0.2) is 56.6 Å². The molecule has 2 aliphatic heterocycles. The molecule has 5 rings (SSSR count). The molecule has 8 heteroatoms. The molecule has 2 fully saturated rings. The van der Waals surface area contributed by atoms with Crippen molar-refractivity contribution in [1.29, 1.82) is 0 Å². The van der Waals surface area contributed by atoms with Gasteiger partial charge < -0.3 is 15.3 Å². The Hall–Kier alpha value is -2.87. The normalized spacial score (nSPS) is 26.5. The Kier molecular flexibility index (Phi) is 4.08. The first-order valence-corrected chi connectivity index (χ1v) is 9.51. The van der Waals surface area contributed by atoms with E-state index in [2.05, 4.69) is 25.5 Å². The van der Waals surface area contributed by atoms with Gasteiger partial charge in [-0.1, -0.05) is 0 Å². The average Bonchev–Trinajstić information content (AvgIpc) is 3.13. The number of nitrogens with zero attached hydrogens (tertiary/aromatic N) is 5. The zero-order valence-corrected chi connectivity index (χ0v) is 15.5. The van der Waals surface area contributed by atoms with Crippen LogP contribution in [0.2, 0.25) is 0 Å². The molecule has 28 heavy (non-hydrogen) atoms. The Morgan fingerprint density at radius 1 is 1.11 bits per heavy atom. The molecule has 0 spiro atoms. The lowest BCUT2D eigenvalue weighted by atomic mass is 9.96. The van der Waals surface area contributed by atoms with Crippen LogP contribution in [0.4, 0.5) is 10.2 Å². The smallest absolute Gasteiger partial charge is 0.151 e. The van der Waals surface area contributed by atoms with Crippen molar-refractivity contribution in [3.05, 3.63) is 36.7 Å². The highest BCUT2D eigenvalue weighted by Gasteiger charge is 2.43. The van der Waals surface area contributed by atoms with Gasteiger partial charge in [-0.25, -0.2) is 4.39 Å². The summed E-state index contributed by atoms with van der Waals surface area (Å²) >= 11 is 0. The van der Waals surface area contributed by atoms with Crippen molar-refractivity contribution in [3.8, 4) is 17.0 Å². The van der Waals surface area contributed by atoms with Crippen LogP contribution in [0, 0.1) is 0 Å². The van der Waals surface area contributed by atoms with Crippen LogP contribution in [0.1, 0.15) is 19.3 Å². The van der Waals surface area contributed by atoms with Crippen molar-refractivity contribution in [3.63, 3.8) is 0 Å². The minimum Gasteiger partial charge on any atom is -0.507 e. The summed E-state index contributed by atoms with van der Waals surface area (Å²) in [5, 5.41) is 22.3. The standard InChI is InChI=1S/C20H21FN6O/c1-27(17-8-11-2-3-14(24-11)20(17)21)19-5-4-13(25-26-19)12-9-15-16(10-18(12)28)23-7-6-22-15/h4-7,9-11,14,17,20,24,28H,2-3,8H2,1H3/t11-,14+,17-,20+/m1/s1. The highest BCUT2D eigenvalue weighted by Crippen LogP contribution is 2.34. The van der Waals surface area contributed by atoms with Gasteiger partial charge >= 0.3 is 0 Å². The van der Waals surface area contributed by atoms with E-state index in [9.17, 15) is 9.50 Å². The number of aromatic hydroxyl groups is 1. The van der Waals surface area contributed by atoms with Crippen molar-refractivity contribution in [2.75, 3.05) is 11.9 Å². The van der Waals surface area contributed by atoms with E-state index in [1.807, 2.05) is 18.0 Å². The molecule has 0 radical (unpaired) electrons. The number of nitrogens with one attached hydrogen (secondary N) is 1. The second-order valence-corrected chi connectivity index (χ2v) is 7.60. The van der Waals surface area contributed by atoms with E-state index >= 15 is 0 Å². The van der Waals surface area contributed by atoms with Gasteiger partial charge in [-0.2, -0.15) is 0 Å². The van der Waals surface area contributed by atoms with Crippen LogP contribution in [0.15, 0.2) is 36.7 Å². The van der Waals surface area contributed by atoms with Crippen LogP contribution in [0.25, 0.3) is 22.3 Å². The average molecular weight is 380 g/mol. The first kappa shape index (κ1) is 17.2. The highest BCUT2D eigenvalue weighted by molar-refractivity contribution is 5.84. The molecule has 2 bridgehead atoms. The number of hydrogen-bond donors (Lipinski definition) is 2. The van der Waals surface area contributed by atoms with Crippen LogP contribution in [0.3, 0.4) is 0 Å². The minimum atomic E-state index is -0.923. The first-order chi connectivity index (χ1) is 13.6. The number of halogens is 1. The fourth-order valence-corrected chi connectivity index (χ4v) is 4.38. The van der Waals surface area contributed by atoms with Gasteiger partial charge in [0, 0.05) is 43.2 Å². The summed E-state index contributed by atoms with van der Waals surface area (Å²) in [6, 6.07) is 7.04. The Morgan fingerprint density at radius 2 is 1.89 bits per heavy atom. The van der Waals surface area contributed by atoms with E-state index < -0.39 is 6.17 Å². The largest absolute Gasteiger partial charge is 0.507 e. The Labute approximate surface area is 161 Å². The zero-order valence-electron chi connectivity index (χ0n) is 15.5. The Morgan fingerprint density at radius 3 is 2.64 bits per heavy atom. The Bertz CT molecular complexity index is 1010. The zero-order chi connectivity index (χ0) is 19.3. The van der Waals surface area contributed by atoms with Gasteiger partial charge in [-0.3, -0.25) is 9.97 Å². The molecule has 2 aromatic heterocycles. The number of phenolic OH excluding ortho intramolecular Hbond substituents is 1. The number of fused-ring (bicyclic) bond motifs is 3. The maximum atomic E-state index is 14.8. The van der Waals surface area contributed by atoms with E-state index in [0.29, 0.717) is 34.2 Å². The summed E-state index contributed by atoms with van der Waals surface area (Å²) in [4.78, 5) is 10.3. The molecule has 7 nitrogen and oxygen atoms in total. The third kappa shape index (κ3) is 2.84. The summed E-state index contributed by atoms with van der Waals surface area (Å²) < 4.78 is 14.8. The van der Waals surface area contributed by atoms with Crippen LogP contribution < -0.4 is 10.2 Å². The molecule has 0 saturated carbocycles. The molecule has 0 unspecified atom stereocenters. The molecule has 0 amide bonds. The van der Waals surface area contributed by atoms with Crippen molar-refractivity contribution in [2.24, 2.45) is 0 Å². The molecule has 4 atom stereocenters. The van der Waals surface area contributed by atoms with Crippen LogP contribution in [0.5, 0.6) is 5.75 Å². The van der Waals surface area contributed by atoms with Gasteiger partial charge in [-0.05, 0) is 37.5 Å². The molecule has 2 saturated heterocycles. The predicted molar refractivity (Wildman–Crippen MR) is 104 cm³/mol. The molecule has 2 aliphatic rings. The number of phenols is 1. The maximum Gasteiger partial charge on any atom is 0.151 e. The van der Waals surface area contributed by atoms with E-state index in [-0.39, 0.29) is 17.8 Å². The summed E-state index contributed by atoms with van der Waals surface area (Å²) in [6.45, 7) is 0. The molecule has 0 aliphatic carbocycles. The van der Waals surface area contributed by atoms with Gasteiger partial charge in [0.2, 0.25) is 0 Å². The maximum absolute atomic E-state index is 14.8. The number of rotatable bonds is 3. The fraction of sp³-hybridized carbons (Fsp3) is 0.400. The predicted octanol–water partition coefficient (Wildman–Crippen LogP) is 2.46. The second-order valence-electron chi connectivity index (χ2n) is 7.60. The van der Waals surface area contributed by atoms with Crippen molar-refractivity contribution >= 4 is 16.9 Å². The number of benzene rings is 1. The third-order valence-corrected chi connectivity index (χ3v) is 5.93. The van der Waals surface area contributed by atoms with Gasteiger partial charge in [0.05, 0.1) is 22.8 Å². The minimum absolute atomic E-state index is 0.0610. The topological polar surface area (TPSA) is 87.1 Å². The van der Waals surface area contributed by atoms with E-state index in [1.165, 1.54) is 0 Å². The SMILES string of the molecule is CN(c1ccc(-c2cc3nccnc3cc2O)nn1)[C@@H]1C[C@H]2CC[C@H](N2)[C@@H]1F. The molecule has 4 heterocycles. The van der Waals surface area contributed by atoms with Crippen molar-refractivity contribution in [2.45, 2.75) is 43.6 Å². The lowest BCUT2D eigenvalue weighted by Crippen LogP contribution is -2.55. The molecule has 1 aromatic carbocycles. The molecular weight excluding hydrogens is 359 g/mol. The summed E-state index contributed by atoms with van der Waals surface area (Å²) in [7, 11) is 1.87. The number of aromatic nitrogens is 4. The monoisotopic (exact) mass is 380 g/mol. The number of alkyl halides is 1. The van der Waals surface area contributed by atoms with Crippen LogP contribution >= 0.6 is 0 Å². The van der Waals surface area contributed by atoms with Crippen molar-refractivity contribution in [1.82, 2.24) is 25.5 Å². The summed E-state index contributed by atoms with van der Waals surface area (Å²) in [5.74, 6) is 0.694. The van der Waals surface area contributed by atoms with Gasteiger partial charge in [0.25, 0.3) is 0 Å². The summed E-state index contributed by atoms with van der Waals surface area (Å²) in [5.41, 5.74) is 2.36. The third-order valence-electron chi connectivity index (χ3n) is 5.93. The molecule has 3 aromatic rings. The molecule has 2 N–H and O–H groups in total. The van der Waals surface area contributed by atoms with E-state index in [4.69, 9.17) is 0 Å². The summed E-state index contributed by atoms with van der Waals surface area (Å²) in [6.07, 6.45) is 4.95. The Balaban J connectivity index is 1.42. The molecular formula is C20H21FN6O. The van der Waals surface area contributed by atoms with Gasteiger partial charge in [-0.15, -0.1) is 10.2 Å². The number of hydrogen-bond acceptors (Lipinski definition) is 7. The van der Waals surface area contributed by atoms with E-state index in [1.54, 1.807) is 30.6 Å². The van der Waals surface area contributed by atoms with Crippen molar-refractivity contribution < 1.29 is 9.50 Å². The highest BCUT2D eigenvalue weighted by atomic mass is 19.1. The lowest BCUT2D eigenvalue weighted by Gasteiger charge is -2.38. The second kappa shape index (κ2) is 6.63. The lowest BCUT2D eigenvalue weighted by molar-refractivity contribution is 0.176. The quantitative estimate of drug-likeness (QED) is 0.722. The number of anilines is 1. The van der Waals surface area contributed by atoms with Crippen LogP contribution in [-0.2, 0) is 0 Å². The fourth-order valence-electron chi connectivity index (χ4n) is 4.38. The van der Waals surface area contributed by atoms with Gasteiger partial charge in [0.15, 0.2) is 5.82 Å². The first-order valence-electron chi connectivity index (χ1n) is 9.51. The molecule has 144 valence electrons. The number of piperidine rings is 1.